The van der Waals surface area contributed by atoms with Crippen LogP contribution in [0.1, 0.15) is 21.5 Å². The summed E-state index contributed by atoms with van der Waals surface area (Å²) in [6.07, 6.45) is 1.63. The Bertz CT molecular complexity index is 1440. The van der Waals surface area contributed by atoms with E-state index in [1.165, 1.54) is 11.8 Å². The van der Waals surface area contributed by atoms with Crippen LogP contribution in [-0.4, -0.2) is 23.5 Å². The van der Waals surface area contributed by atoms with Gasteiger partial charge in [0, 0.05) is 21.8 Å². The number of carbonyl (C=O) groups is 3. The zero-order valence-corrected chi connectivity index (χ0v) is 21.6. The zero-order valence-electron chi connectivity index (χ0n) is 20.8. The summed E-state index contributed by atoms with van der Waals surface area (Å²) in [5.41, 5.74) is 3.73. The number of para-hydroxylation sites is 1. The van der Waals surface area contributed by atoms with Crippen LogP contribution in [0.3, 0.4) is 0 Å². The minimum absolute atomic E-state index is 0.0912. The van der Waals surface area contributed by atoms with Gasteiger partial charge in [0.05, 0.1) is 5.75 Å². The Morgan fingerprint density at radius 2 is 1.37 bits per heavy atom. The van der Waals surface area contributed by atoms with Crippen molar-refractivity contribution in [2.24, 2.45) is 0 Å². The first-order valence-corrected chi connectivity index (χ1v) is 13.0. The minimum atomic E-state index is -0.448. The van der Waals surface area contributed by atoms with Crippen LogP contribution in [0.4, 0.5) is 11.4 Å². The van der Waals surface area contributed by atoms with Gasteiger partial charge in [-0.05, 0) is 66.6 Å². The third-order valence-electron chi connectivity index (χ3n) is 5.54. The van der Waals surface area contributed by atoms with E-state index in [9.17, 15) is 14.4 Å². The Labute approximate surface area is 226 Å². The number of hydrogen-bond acceptors (Lipinski definition) is 4. The number of nitrogens with one attached hydrogen (secondary N) is 3. The number of benzene rings is 4. The maximum atomic E-state index is 13.1. The first kappa shape index (κ1) is 26.4. The second-order valence-corrected chi connectivity index (χ2v) is 9.47. The van der Waals surface area contributed by atoms with Crippen LogP contribution in [0.2, 0.25) is 0 Å². The van der Waals surface area contributed by atoms with Crippen LogP contribution in [-0.2, 0) is 9.59 Å². The monoisotopic (exact) mass is 521 g/mol. The van der Waals surface area contributed by atoms with E-state index in [0.29, 0.717) is 11.3 Å². The van der Waals surface area contributed by atoms with Gasteiger partial charge >= 0.3 is 0 Å². The molecule has 0 aliphatic heterocycles. The molecule has 0 atom stereocenters. The first-order valence-electron chi connectivity index (χ1n) is 12.0. The van der Waals surface area contributed by atoms with Crippen LogP contribution < -0.4 is 16.0 Å². The molecule has 0 aromatic heterocycles. The van der Waals surface area contributed by atoms with Crippen molar-refractivity contribution in [3.05, 3.63) is 132 Å². The van der Waals surface area contributed by atoms with Gasteiger partial charge in [0.1, 0.15) is 5.70 Å². The molecular formula is C31H27N3O3S. The van der Waals surface area contributed by atoms with Crippen LogP contribution in [0.5, 0.6) is 0 Å². The molecule has 0 saturated carbocycles. The van der Waals surface area contributed by atoms with Gasteiger partial charge in [0.15, 0.2) is 0 Å². The second-order valence-electron chi connectivity index (χ2n) is 8.42. The zero-order chi connectivity index (χ0) is 26.7. The highest BCUT2D eigenvalue weighted by molar-refractivity contribution is 8.00. The smallest absolute Gasteiger partial charge is 0.272 e. The highest BCUT2D eigenvalue weighted by Crippen LogP contribution is 2.22. The number of carbonyl (C=O) groups excluding carboxylic acids is 3. The van der Waals surface area contributed by atoms with Gasteiger partial charge in [-0.25, -0.2) is 0 Å². The average molecular weight is 522 g/mol. The highest BCUT2D eigenvalue weighted by atomic mass is 32.2. The third-order valence-corrected chi connectivity index (χ3v) is 6.55. The number of anilines is 2. The molecule has 0 fully saturated rings. The van der Waals surface area contributed by atoms with E-state index < -0.39 is 5.91 Å². The average Bonchev–Trinajstić information content (AvgIpc) is 2.94. The number of rotatable bonds is 9. The van der Waals surface area contributed by atoms with Crippen molar-refractivity contribution >= 4 is 46.9 Å². The maximum absolute atomic E-state index is 13.1. The number of aryl methyl sites for hydroxylation is 1. The van der Waals surface area contributed by atoms with Gasteiger partial charge in [0.2, 0.25) is 5.91 Å². The summed E-state index contributed by atoms with van der Waals surface area (Å²) in [4.78, 5) is 39.1. The van der Waals surface area contributed by atoms with Gasteiger partial charge in [-0.3, -0.25) is 14.4 Å². The molecule has 4 aromatic rings. The predicted octanol–water partition coefficient (Wildman–Crippen LogP) is 6.14. The Morgan fingerprint density at radius 3 is 2.05 bits per heavy atom. The molecule has 0 aliphatic rings. The lowest BCUT2D eigenvalue weighted by molar-refractivity contribution is -0.114. The summed E-state index contributed by atoms with van der Waals surface area (Å²) in [6, 6.07) is 32.9. The highest BCUT2D eigenvalue weighted by Gasteiger charge is 2.15. The largest absolute Gasteiger partial charge is 0.325 e. The Kier molecular flexibility index (Phi) is 9.10. The number of amides is 3. The van der Waals surface area contributed by atoms with E-state index in [2.05, 4.69) is 16.0 Å². The molecule has 0 heterocycles. The molecule has 0 aliphatic carbocycles. The summed E-state index contributed by atoms with van der Waals surface area (Å²) >= 11 is 1.40. The standard InChI is InChI=1S/C31H27N3O3S/c1-22-10-8-9-15-27(22)33-29(35)21-38-26-18-16-25(17-19-26)32-31(37)28(20-23-11-4-2-5-12-23)34-30(36)24-13-6-3-7-14-24/h2-20H,21H2,1H3,(H,32,37)(H,33,35)(H,34,36)/b28-20-. The number of thioether (sulfide) groups is 1. The molecule has 4 aromatic carbocycles. The predicted molar refractivity (Wildman–Crippen MR) is 154 cm³/mol. The van der Waals surface area contributed by atoms with Crippen LogP contribution in [0.15, 0.2) is 120 Å². The van der Waals surface area contributed by atoms with Crippen molar-refractivity contribution in [1.82, 2.24) is 5.32 Å². The Hall–Kier alpha value is -4.62. The molecule has 3 N–H and O–H groups in total. The third kappa shape index (κ3) is 7.69. The van der Waals surface area contributed by atoms with E-state index in [0.717, 1.165) is 21.7 Å². The first-order chi connectivity index (χ1) is 18.5. The van der Waals surface area contributed by atoms with Gasteiger partial charge in [0.25, 0.3) is 11.8 Å². The molecule has 0 saturated heterocycles. The molecule has 4 rings (SSSR count). The lowest BCUT2D eigenvalue weighted by Gasteiger charge is -2.12. The second kappa shape index (κ2) is 13.1. The quantitative estimate of drug-likeness (QED) is 0.183. The van der Waals surface area contributed by atoms with E-state index in [-0.39, 0.29) is 23.3 Å². The summed E-state index contributed by atoms with van der Waals surface area (Å²) in [5, 5.41) is 8.49. The Morgan fingerprint density at radius 1 is 0.737 bits per heavy atom. The SMILES string of the molecule is Cc1ccccc1NC(=O)CSc1ccc(NC(=O)/C(=C/c2ccccc2)NC(=O)c2ccccc2)cc1. The molecule has 3 amide bonds. The summed E-state index contributed by atoms with van der Waals surface area (Å²) < 4.78 is 0. The van der Waals surface area contributed by atoms with E-state index >= 15 is 0 Å². The fourth-order valence-electron chi connectivity index (χ4n) is 3.54. The molecule has 0 radical (unpaired) electrons. The fourth-order valence-corrected chi connectivity index (χ4v) is 4.24. The van der Waals surface area contributed by atoms with Crippen molar-refractivity contribution in [1.29, 1.82) is 0 Å². The van der Waals surface area contributed by atoms with Crippen molar-refractivity contribution in [3.8, 4) is 0 Å². The van der Waals surface area contributed by atoms with Crippen LogP contribution in [0, 0.1) is 6.92 Å². The molecule has 0 bridgehead atoms. The van der Waals surface area contributed by atoms with Crippen molar-refractivity contribution in [2.75, 3.05) is 16.4 Å². The topological polar surface area (TPSA) is 87.3 Å². The van der Waals surface area contributed by atoms with Crippen LogP contribution >= 0.6 is 11.8 Å². The Balaban J connectivity index is 1.39. The maximum Gasteiger partial charge on any atom is 0.272 e. The molecule has 6 nitrogen and oxygen atoms in total. The summed E-state index contributed by atoms with van der Waals surface area (Å²) in [7, 11) is 0. The van der Waals surface area contributed by atoms with E-state index in [1.54, 1.807) is 42.5 Å². The lowest BCUT2D eigenvalue weighted by atomic mass is 10.1. The fraction of sp³-hybridized carbons (Fsp3) is 0.0645. The molecule has 7 heteroatoms. The van der Waals surface area contributed by atoms with E-state index in [4.69, 9.17) is 0 Å². The van der Waals surface area contributed by atoms with Crippen molar-refractivity contribution in [3.63, 3.8) is 0 Å². The number of hydrogen-bond donors (Lipinski definition) is 3. The molecule has 190 valence electrons. The minimum Gasteiger partial charge on any atom is -0.325 e. The molecule has 38 heavy (non-hydrogen) atoms. The van der Waals surface area contributed by atoms with Gasteiger partial charge in [-0.2, -0.15) is 0 Å². The van der Waals surface area contributed by atoms with E-state index in [1.807, 2.05) is 79.7 Å². The van der Waals surface area contributed by atoms with Crippen molar-refractivity contribution in [2.45, 2.75) is 11.8 Å². The van der Waals surface area contributed by atoms with Crippen LogP contribution in [0.25, 0.3) is 6.08 Å². The van der Waals surface area contributed by atoms with Gasteiger partial charge in [-0.15, -0.1) is 11.8 Å². The molecular weight excluding hydrogens is 494 g/mol. The normalized spacial score (nSPS) is 10.9. The van der Waals surface area contributed by atoms with Gasteiger partial charge in [-0.1, -0.05) is 66.7 Å². The summed E-state index contributed by atoms with van der Waals surface area (Å²) in [6.45, 7) is 1.95. The summed E-state index contributed by atoms with van der Waals surface area (Å²) in [5.74, 6) is -0.656. The lowest BCUT2D eigenvalue weighted by Crippen LogP contribution is -2.30. The van der Waals surface area contributed by atoms with Gasteiger partial charge < -0.3 is 16.0 Å². The molecule has 0 spiro atoms. The molecule has 0 unspecified atom stereocenters. The van der Waals surface area contributed by atoms with Crippen molar-refractivity contribution < 1.29 is 14.4 Å².